The predicted molar refractivity (Wildman–Crippen MR) is 65.9 cm³/mol. The molecule has 1 rings (SSSR count). The molecule has 0 saturated heterocycles. The number of rotatable bonds is 6. The molecule has 0 radical (unpaired) electrons. The average molecular weight is 303 g/mol. The molecular weight excluding hydrogens is 288 g/mol. The topological polar surface area (TPSA) is 61.3 Å². The Kier molecular flexibility index (Phi) is 7.10. The van der Waals surface area contributed by atoms with E-state index in [-0.39, 0.29) is 24.2 Å². The van der Waals surface area contributed by atoms with Crippen molar-refractivity contribution >= 4 is 12.4 Å². The molecule has 0 unspecified atom stereocenters. The Morgan fingerprint density at radius 1 is 1.16 bits per heavy atom. The molecule has 0 amide bonds. The number of hydrogen-bond donors (Lipinski definition) is 2. The van der Waals surface area contributed by atoms with E-state index >= 15 is 0 Å². The van der Waals surface area contributed by atoms with Crippen LogP contribution < -0.4 is 16.2 Å². The summed E-state index contributed by atoms with van der Waals surface area (Å²) in [6.07, 6.45) is -7.84. The summed E-state index contributed by atoms with van der Waals surface area (Å²) in [4.78, 5) is 0. The Hall–Kier alpha value is -1.05. The minimum Gasteiger partial charge on any atom is -0.428 e. The summed E-state index contributed by atoms with van der Waals surface area (Å²) < 4.78 is 52.9. The second-order valence-corrected chi connectivity index (χ2v) is 3.72. The quantitative estimate of drug-likeness (QED) is 0.794. The van der Waals surface area contributed by atoms with Gasteiger partial charge >= 0.3 is 12.5 Å². The number of hydrogen-bond acceptors (Lipinski definition) is 3. The van der Waals surface area contributed by atoms with Gasteiger partial charge in [-0.05, 0) is 30.7 Å². The Bertz CT molecular complexity index is 375. The average Bonchev–Trinajstić information content (AvgIpc) is 2.29. The lowest BCUT2D eigenvalue weighted by molar-refractivity contribution is -0.253. The van der Waals surface area contributed by atoms with E-state index in [0.29, 0.717) is 18.5 Å². The highest BCUT2D eigenvalue weighted by molar-refractivity contribution is 5.85. The molecule has 4 N–H and O–H groups in total. The zero-order chi connectivity index (χ0) is 13.8. The second kappa shape index (κ2) is 7.52. The molecule has 19 heavy (non-hydrogen) atoms. The van der Waals surface area contributed by atoms with Crippen LogP contribution in [0, 0.1) is 0 Å². The first kappa shape index (κ1) is 17.9. The van der Waals surface area contributed by atoms with E-state index in [9.17, 15) is 17.6 Å². The van der Waals surface area contributed by atoms with Gasteiger partial charge in [0.2, 0.25) is 0 Å². The minimum absolute atomic E-state index is 0. The third-order valence-electron chi connectivity index (χ3n) is 2.29. The third kappa shape index (κ3) is 5.22. The van der Waals surface area contributed by atoms with E-state index in [1.54, 1.807) is 0 Å². The maximum atomic E-state index is 12.6. The number of nitrogens with two attached hydrogens (primary N) is 2. The molecule has 3 nitrogen and oxygen atoms in total. The van der Waals surface area contributed by atoms with Gasteiger partial charge in [0.15, 0.2) is 0 Å². The molecule has 0 aromatic heterocycles. The van der Waals surface area contributed by atoms with Crippen LogP contribution in [0.2, 0.25) is 0 Å². The standard InChI is InChI=1S/C11H14F4N2O.ClH/c12-10(13)11(14,15)18-8-3-1-7(2-4-8)9(17)5-6-16;/h1-4,9-10H,5-6,16-17H2;1H/t9-;/m1./s1. The third-order valence-corrected chi connectivity index (χ3v) is 2.29. The van der Waals surface area contributed by atoms with Gasteiger partial charge in [-0.25, -0.2) is 0 Å². The molecule has 1 aromatic rings. The SMILES string of the molecule is Cl.NCC[C@@H](N)c1ccc(OC(F)(F)C(F)F)cc1. The Morgan fingerprint density at radius 3 is 2.11 bits per heavy atom. The molecule has 1 atom stereocenters. The fourth-order valence-electron chi connectivity index (χ4n) is 1.33. The van der Waals surface area contributed by atoms with Crippen LogP contribution >= 0.6 is 12.4 Å². The Balaban J connectivity index is 0.00000324. The van der Waals surface area contributed by atoms with E-state index < -0.39 is 12.5 Å². The van der Waals surface area contributed by atoms with Crippen molar-refractivity contribution in [2.75, 3.05) is 6.54 Å². The van der Waals surface area contributed by atoms with Gasteiger partial charge in [-0.3, -0.25) is 0 Å². The summed E-state index contributed by atoms with van der Waals surface area (Å²) in [5.74, 6) is -0.344. The van der Waals surface area contributed by atoms with E-state index in [1.165, 1.54) is 24.3 Å². The zero-order valence-electron chi connectivity index (χ0n) is 9.86. The van der Waals surface area contributed by atoms with Crippen molar-refractivity contribution in [3.05, 3.63) is 29.8 Å². The molecule has 0 spiro atoms. The monoisotopic (exact) mass is 302 g/mol. The first-order chi connectivity index (χ1) is 8.36. The molecule has 0 saturated carbocycles. The van der Waals surface area contributed by atoms with Crippen LogP contribution in [0.1, 0.15) is 18.0 Å². The van der Waals surface area contributed by atoms with Crippen molar-refractivity contribution in [2.24, 2.45) is 11.5 Å². The van der Waals surface area contributed by atoms with Crippen LogP contribution in [0.25, 0.3) is 0 Å². The first-order valence-electron chi connectivity index (χ1n) is 5.27. The van der Waals surface area contributed by atoms with Crippen LogP contribution in [-0.2, 0) is 0 Å². The lowest BCUT2D eigenvalue weighted by atomic mass is 10.0. The molecular formula is C11H15ClF4N2O. The summed E-state index contributed by atoms with van der Waals surface area (Å²) in [5, 5.41) is 0. The number of alkyl halides is 4. The fourth-order valence-corrected chi connectivity index (χ4v) is 1.33. The van der Waals surface area contributed by atoms with Gasteiger partial charge in [0.05, 0.1) is 0 Å². The van der Waals surface area contributed by atoms with E-state index in [1.807, 2.05) is 0 Å². The summed E-state index contributed by atoms with van der Waals surface area (Å²) in [6, 6.07) is 4.90. The van der Waals surface area contributed by atoms with Crippen molar-refractivity contribution in [3.8, 4) is 5.75 Å². The van der Waals surface area contributed by atoms with Gasteiger partial charge in [-0.15, -0.1) is 12.4 Å². The molecule has 0 aliphatic rings. The normalized spacial score (nSPS) is 13.0. The first-order valence-corrected chi connectivity index (χ1v) is 5.27. The largest absolute Gasteiger partial charge is 0.461 e. The lowest BCUT2D eigenvalue weighted by Gasteiger charge is -2.17. The maximum absolute atomic E-state index is 12.6. The van der Waals surface area contributed by atoms with Crippen LogP contribution in [0.4, 0.5) is 17.6 Å². The molecule has 110 valence electrons. The maximum Gasteiger partial charge on any atom is 0.461 e. The van der Waals surface area contributed by atoms with Gasteiger partial charge < -0.3 is 16.2 Å². The van der Waals surface area contributed by atoms with Gasteiger partial charge in [-0.1, -0.05) is 12.1 Å². The second-order valence-electron chi connectivity index (χ2n) is 3.72. The smallest absolute Gasteiger partial charge is 0.428 e. The molecule has 0 aliphatic carbocycles. The lowest BCUT2D eigenvalue weighted by Crippen LogP contribution is -2.33. The van der Waals surface area contributed by atoms with Crippen molar-refractivity contribution in [2.45, 2.75) is 25.0 Å². The van der Waals surface area contributed by atoms with Gasteiger partial charge in [0, 0.05) is 6.04 Å². The van der Waals surface area contributed by atoms with Crippen molar-refractivity contribution in [1.29, 1.82) is 0 Å². The highest BCUT2D eigenvalue weighted by Crippen LogP contribution is 2.28. The Labute approximate surface area is 114 Å². The van der Waals surface area contributed by atoms with Crippen LogP contribution in [0.5, 0.6) is 5.75 Å². The van der Waals surface area contributed by atoms with Crippen LogP contribution in [0.15, 0.2) is 24.3 Å². The molecule has 0 bridgehead atoms. The number of benzene rings is 1. The van der Waals surface area contributed by atoms with Crippen molar-refractivity contribution in [1.82, 2.24) is 0 Å². The van der Waals surface area contributed by atoms with Crippen molar-refractivity contribution in [3.63, 3.8) is 0 Å². The minimum atomic E-state index is -4.50. The fraction of sp³-hybridized carbons (Fsp3) is 0.455. The highest BCUT2D eigenvalue weighted by atomic mass is 35.5. The summed E-state index contributed by atoms with van der Waals surface area (Å²) in [5.41, 5.74) is 11.7. The van der Waals surface area contributed by atoms with Crippen LogP contribution in [0.3, 0.4) is 0 Å². The van der Waals surface area contributed by atoms with E-state index in [4.69, 9.17) is 11.5 Å². The number of ether oxygens (including phenoxy) is 1. The summed E-state index contributed by atoms with van der Waals surface area (Å²) in [6.45, 7) is 0.392. The molecule has 0 fully saturated rings. The Morgan fingerprint density at radius 2 is 1.68 bits per heavy atom. The summed E-state index contributed by atoms with van der Waals surface area (Å²) in [7, 11) is 0. The van der Waals surface area contributed by atoms with Gasteiger partial charge in [-0.2, -0.15) is 17.6 Å². The van der Waals surface area contributed by atoms with E-state index in [0.717, 1.165) is 0 Å². The molecule has 0 aliphatic heterocycles. The van der Waals surface area contributed by atoms with Crippen LogP contribution in [-0.4, -0.2) is 19.1 Å². The van der Waals surface area contributed by atoms with Crippen molar-refractivity contribution < 1.29 is 22.3 Å². The predicted octanol–water partition coefficient (Wildman–Crippen LogP) is 2.69. The van der Waals surface area contributed by atoms with Gasteiger partial charge in [0.1, 0.15) is 5.75 Å². The van der Waals surface area contributed by atoms with Gasteiger partial charge in [0.25, 0.3) is 0 Å². The molecule has 0 heterocycles. The van der Waals surface area contributed by atoms with E-state index in [2.05, 4.69) is 4.74 Å². The number of halogens is 5. The molecule has 8 heteroatoms. The zero-order valence-corrected chi connectivity index (χ0v) is 10.7. The summed E-state index contributed by atoms with van der Waals surface area (Å²) >= 11 is 0. The molecule has 1 aromatic carbocycles. The highest BCUT2D eigenvalue weighted by Gasteiger charge is 2.43.